The number of amides is 1. The Morgan fingerprint density at radius 1 is 1.10 bits per heavy atom. The van der Waals surface area contributed by atoms with Crippen LogP contribution in [0.15, 0.2) is 48.5 Å². The third-order valence-electron chi connectivity index (χ3n) is 3.18. The topological polar surface area (TPSA) is 41.1 Å². The molecule has 3 nitrogen and oxygen atoms in total. The Bertz CT molecular complexity index is 596. The highest BCUT2D eigenvalue weighted by molar-refractivity contribution is 5.80. The molecule has 4 heteroatoms. The van der Waals surface area contributed by atoms with E-state index in [9.17, 15) is 9.18 Å². The van der Waals surface area contributed by atoms with Crippen molar-refractivity contribution >= 4 is 11.6 Å². The number of halogens is 1. The van der Waals surface area contributed by atoms with Crippen LogP contribution < -0.4 is 10.6 Å². The SMILES string of the molecule is Cc1ccc(NCC(=O)NCCc2ccccc2F)cc1. The van der Waals surface area contributed by atoms with E-state index in [-0.39, 0.29) is 18.3 Å². The molecule has 110 valence electrons. The highest BCUT2D eigenvalue weighted by Crippen LogP contribution is 2.08. The van der Waals surface area contributed by atoms with Crippen molar-refractivity contribution in [1.82, 2.24) is 5.32 Å². The first-order chi connectivity index (χ1) is 10.1. The molecule has 0 radical (unpaired) electrons. The summed E-state index contributed by atoms with van der Waals surface area (Å²) < 4.78 is 13.4. The zero-order valence-electron chi connectivity index (χ0n) is 12.0. The van der Waals surface area contributed by atoms with Crippen LogP contribution in [0, 0.1) is 12.7 Å². The Balaban J connectivity index is 1.70. The van der Waals surface area contributed by atoms with Crippen molar-refractivity contribution in [2.75, 3.05) is 18.4 Å². The third kappa shape index (κ3) is 4.91. The fourth-order valence-electron chi connectivity index (χ4n) is 1.95. The number of hydrogen-bond donors (Lipinski definition) is 2. The molecule has 0 spiro atoms. The van der Waals surface area contributed by atoms with Crippen molar-refractivity contribution in [3.63, 3.8) is 0 Å². The first-order valence-corrected chi connectivity index (χ1v) is 6.96. The van der Waals surface area contributed by atoms with Gasteiger partial charge in [-0.3, -0.25) is 4.79 Å². The maximum Gasteiger partial charge on any atom is 0.239 e. The van der Waals surface area contributed by atoms with Crippen molar-refractivity contribution in [3.05, 3.63) is 65.5 Å². The Kier molecular flexibility index (Phi) is 5.32. The number of anilines is 1. The molecule has 2 rings (SSSR count). The lowest BCUT2D eigenvalue weighted by molar-refractivity contribution is -0.119. The summed E-state index contributed by atoms with van der Waals surface area (Å²) in [4.78, 5) is 11.7. The van der Waals surface area contributed by atoms with Crippen LogP contribution in [0.4, 0.5) is 10.1 Å². The predicted molar refractivity (Wildman–Crippen MR) is 82.8 cm³/mol. The van der Waals surface area contributed by atoms with E-state index in [1.54, 1.807) is 18.2 Å². The van der Waals surface area contributed by atoms with Crippen LogP contribution in [0.2, 0.25) is 0 Å². The van der Waals surface area contributed by atoms with Crippen molar-refractivity contribution in [1.29, 1.82) is 0 Å². The minimum Gasteiger partial charge on any atom is -0.376 e. The molecular formula is C17H19FN2O. The summed E-state index contributed by atoms with van der Waals surface area (Å²) in [7, 11) is 0. The minimum absolute atomic E-state index is 0.105. The van der Waals surface area contributed by atoms with Crippen LogP contribution in [0.5, 0.6) is 0 Å². The maximum absolute atomic E-state index is 13.4. The van der Waals surface area contributed by atoms with Gasteiger partial charge in [0.2, 0.25) is 5.91 Å². The highest BCUT2D eigenvalue weighted by atomic mass is 19.1. The van der Waals surface area contributed by atoms with Gasteiger partial charge in [-0.05, 0) is 37.1 Å². The predicted octanol–water partition coefficient (Wildman–Crippen LogP) is 2.90. The number of carbonyl (C=O) groups is 1. The molecule has 0 heterocycles. The molecule has 21 heavy (non-hydrogen) atoms. The number of carbonyl (C=O) groups excluding carboxylic acids is 1. The molecule has 2 N–H and O–H groups in total. The van der Waals surface area contributed by atoms with Gasteiger partial charge in [0.1, 0.15) is 5.82 Å². The van der Waals surface area contributed by atoms with Crippen LogP contribution in [0.3, 0.4) is 0 Å². The van der Waals surface area contributed by atoms with Gasteiger partial charge in [-0.25, -0.2) is 4.39 Å². The Morgan fingerprint density at radius 3 is 2.52 bits per heavy atom. The highest BCUT2D eigenvalue weighted by Gasteiger charge is 2.03. The number of benzene rings is 2. The smallest absolute Gasteiger partial charge is 0.239 e. The van der Waals surface area contributed by atoms with Gasteiger partial charge in [-0.2, -0.15) is 0 Å². The normalized spacial score (nSPS) is 10.2. The number of aryl methyl sites for hydroxylation is 1. The third-order valence-corrected chi connectivity index (χ3v) is 3.18. The van der Waals surface area contributed by atoms with Crippen LogP contribution in [0.25, 0.3) is 0 Å². The molecule has 2 aromatic rings. The van der Waals surface area contributed by atoms with E-state index in [2.05, 4.69) is 10.6 Å². The van der Waals surface area contributed by atoms with Gasteiger partial charge in [0, 0.05) is 12.2 Å². The van der Waals surface area contributed by atoms with Crippen LogP contribution in [-0.2, 0) is 11.2 Å². The molecule has 0 aliphatic carbocycles. The summed E-state index contributed by atoms with van der Waals surface area (Å²) in [6, 6.07) is 14.4. The van der Waals surface area contributed by atoms with Crippen molar-refractivity contribution < 1.29 is 9.18 Å². The molecule has 0 aromatic heterocycles. The van der Waals surface area contributed by atoms with Gasteiger partial charge in [-0.15, -0.1) is 0 Å². The van der Waals surface area contributed by atoms with Crippen LogP contribution in [0.1, 0.15) is 11.1 Å². The van der Waals surface area contributed by atoms with Gasteiger partial charge in [-0.1, -0.05) is 35.9 Å². The molecule has 0 saturated heterocycles. The Labute approximate surface area is 124 Å². The van der Waals surface area contributed by atoms with Gasteiger partial charge in [0.25, 0.3) is 0 Å². The number of nitrogens with one attached hydrogen (secondary N) is 2. The molecule has 0 unspecified atom stereocenters. The molecule has 0 aliphatic heterocycles. The van der Waals surface area contributed by atoms with Crippen molar-refractivity contribution in [2.45, 2.75) is 13.3 Å². The fraction of sp³-hybridized carbons (Fsp3) is 0.235. The largest absolute Gasteiger partial charge is 0.376 e. The molecule has 0 bridgehead atoms. The van der Waals surface area contributed by atoms with Crippen LogP contribution in [-0.4, -0.2) is 19.0 Å². The lowest BCUT2D eigenvalue weighted by atomic mass is 10.1. The first-order valence-electron chi connectivity index (χ1n) is 6.96. The van der Waals surface area contributed by atoms with E-state index in [1.807, 2.05) is 31.2 Å². The van der Waals surface area contributed by atoms with E-state index in [1.165, 1.54) is 11.6 Å². The summed E-state index contributed by atoms with van der Waals surface area (Å²) in [6.45, 7) is 2.65. The Hall–Kier alpha value is -2.36. The van der Waals surface area contributed by atoms with E-state index in [4.69, 9.17) is 0 Å². The Morgan fingerprint density at radius 2 is 1.81 bits per heavy atom. The molecule has 2 aromatic carbocycles. The lowest BCUT2D eigenvalue weighted by Gasteiger charge is -2.08. The second-order valence-corrected chi connectivity index (χ2v) is 4.91. The van der Waals surface area contributed by atoms with Crippen LogP contribution >= 0.6 is 0 Å². The summed E-state index contributed by atoms with van der Waals surface area (Å²) >= 11 is 0. The summed E-state index contributed by atoms with van der Waals surface area (Å²) in [5.74, 6) is -0.337. The second kappa shape index (κ2) is 7.43. The quantitative estimate of drug-likeness (QED) is 0.857. The van der Waals surface area contributed by atoms with Gasteiger partial charge in [0.05, 0.1) is 6.54 Å². The van der Waals surface area contributed by atoms with Gasteiger partial charge >= 0.3 is 0 Å². The molecule has 0 atom stereocenters. The second-order valence-electron chi connectivity index (χ2n) is 4.91. The van der Waals surface area contributed by atoms with Crippen molar-refractivity contribution in [3.8, 4) is 0 Å². The fourth-order valence-corrected chi connectivity index (χ4v) is 1.95. The molecule has 0 saturated carbocycles. The maximum atomic E-state index is 13.4. The van der Waals surface area contributed by atoms with Gasteiger partial charge < -0.3 is 10.6 Å². The molecule has 0 aliphatic rings. The van der Waals surface area contributed by atoms with E-state index in [0.717, 1.165) is 5.69 Å². The van der Waals surface area contributed by atoms with Gasteiger partial charge in [0.15, 0.2) is 0 Å². The van der Waals surface area contributed by atoms with E-state index < -0.39 is 0 Å². The zero-order chi connectivity index (χ0) is 15.1. The molecule has 1 amide bonds. The summed E-state index contributed by atoms with van der Waals surface area (Å²) in [5.41, 5.74) is 2.70. The van der Waals surface area contributed by atoms with Crippen molar-refractivity contribution in [2.24, 2.45) is 0 Å². The molecule has 0 fully saturated rings. The number of rotatable bonds is 6. The summed E-state index contributed by atoms with van der Waals surface area (Å²) in [6.07, 6.45) is 0.489. The first kappa shape index (κ1) is 15.0. The number of hydrogen-bond acceptors (Lipinski definition) is 2. The molecular weight excluding hydrogens is 267 g/mol. The lowest BCUT2D eigenvalue weighted by Crippen LogP contribution is -2.31. The zero-order valence-corrected chi connectivity index (χ0v) is 12.0. The summed E-state index contributed by atoms with van der Waals surface area (Å²) in [5, 5.41) is 5.82. The van der Waals surface area contributed by atoms with E-state index in [0.29, 0.717) is 18.5 Å². The average molecular weight is 286 g/mol. The monoisotopic (exact) mass is 286 g/mol. The minimum atomic E-state index is -0.232. The average Bonchev–Trinajstić information content (AvgIpc) is 2.49. The van der Waals surface area contributed by atoms with E-state index >= 15 is 0 Å². The standard InChI is InChI=1S/C17H19FN2O/c1-13-6-8-15(9-7-13)20-12-17(21)19-11-10-14-4-2-3-5-16(14)18/h2-9,20H,10-12H2,1H3,(H,19,21).